The van der Waals surface area contributed by atoms with Crippen molar-refractivity contribution in [1.82, 2.24) is 9.88 Å². The van der Waals surface area contributed by atoms with Gasteiger partial charge in [0.1, 0.15) is 30.2 Å². The van der Waals surface area contributed by atoms with Crippen molar-refractivity contribution in [3.05, 3.63) is 60.3 Å². The van der Waals surface area contributed by atoms with Gasteiger partial charge in [0, 0.05) is 19.0 Å². The average Bonchev–Trinajstić information content (AvgIpc) is 3.13. The molecule has 0 radical (unpaired) electrons. The minimum Gasteiger partial charge on any atom is -0.493 e. The van der Waals surface area contributed by atoms with Crippen molar-refractivity contribution in [2.45, 2.75) is 97.3 Å². The first-order chi connectivity index (χ1) is 25.0. The Morgan fingerprint density at radius 3 is 2.36 bits per heavy atom. The average molecular weight is 738 g/mol. The number of anilines is 1. The van der Waals surface area contributed by atoms with Gasteiger partial charge >= 0.3 is 17.9 Å². The number of methoxy groups -OCH3 is 2. The third-order valence-electron chi connectivity index (χ3n) is 8.33. The smallest absolute Gasteiger partial charge is 0.330 e. The number of aromatic nitrogens is 1. The third-order valence-corrected chi connectivity index (χ3v) is 8.33. The number of piperidine rings is 1. The van der Waals surface area contributed by atoms with Crippen LogP contribution in [-0.4, -0.2) is 84.4 Å². The second-order valence-electron chi connectivity index (χ2n) is 14.3. The van der Waals surface area contributed by atoms with E-state index < -0.39 is 58.7 Å². The molecule has 1 aromatic carbocycles. The maximum atomic E-state index is 13.9. The number of nitrogens with one attached hydrogen (secondary N) is 1. The summed E-state index contributed by atoms with van der Waals surface area (Å²) in [5.41, 5.74) is -0.845. The number of hydrogen-bond acceptors (Lipinski definition) is 12. The van der Waals surface area contributed by atoms with Gasteiger partial charge in [-0.25, -0.2) is 14.6 Å². The summed E-state index contributed by atoms with van der Waals surface area (Å²) in [7, 11) is 3.06. The van der Waals surface area contributed by atoms with Gasteiger partial charge < -0.3 is 33.9 Å². The molecule has 14 heteroatoms. The number of carbonyl (C=O) groups excluding carboxylic acids is 6. The first-order valence-electron chi connectivity index (χ1n) is 17.5. The number of carbonyl (C=O) groups is 6. The molecule has 1 N–H and O–H groups in total. The summed E-state index contributed by atoms with van der Waals surface area (Å²) >= 11 is 0. The number of amides is 2. The fourth-order valence-corrected chi connectivity index (χ4v) is 5.55. The van der Waals surface area contributed by atoms with Crippen LogP contribution in [-0.2, 0) is 49.4 Å². The summed E-state index contributed by atoms with van der Waals surface area (Å²) < 4.78 is 27.2. The predicted molar refractivity (Wildman–Crippen MR) is 194 cm³/mol. The summed E-state index contributed by atoms with van der Waals surface area (Å²) in [5, 5.41) is 2.69. The van der Waals surface area contributed by atoms with Crippen LogP contribution in [0.2, 0.25) is 0 Å². The summed E-state index contributed by atoms with van der Waals surface area (Å²) in [6.45, 7) is 11.4. The summed E-state index contributed by atoms with van der Waals surface area (Å²) in [6, 6.07) is 9.27. The lowest BCUT2D eigenvalue weighted by molar-refractivity contribution is -0.165. The number of pyridine rings is 1. The molecule has 1 aromatic heterocycles. The molecule has 1 saturated heterocycles. The minimum absolute atomic E-state index is 0.120. The molecule has 288 valence electrons. The van der Waals surface area contributed by atoms with Crippen LogP contribution in [0.4, 0.5) is 5.82 Å². The van der Waals surface area contributed by atoms with Gasteiger partial charge in [-0.05, 0) is 96.6 Å². The quantitative estimate of drug-likeness (QED) is 0.0988. The van der Waals surface area contributed by atoms with E-state index in [0.29, 0.717) is 36.5 Å². The number of ether oxygens (including phenoxy) is 5. The second kappa shape index (κ2) is 19.0. The highest BCUT2D eigenvalue weighted by atomic mass is 16.6. The van der Waals surface area contributed by atoms with Crippen LogP contribution in [0.15, 0.2) is 49.1 Å². The number of Topliss-reactive ketones (excluding diaryl/α,β-unsaturated/α-hetero) is 1. The molecular weight excluding hydrogens is 686 g/mol. The van der Waals surface area contributed by atoms with Gasteiger partial charge in [-0.1, -0.05) is 18.7 Å². The molecule has 0 bridgehead atoms. The lowest BCUT2D eigenvalue weighted by Crippen LogP contribution is -2.53. The summed E-state index contributed by atoms with van der Waals surface area (Å²) in [5.74, 6) is -2.83. The van der Waals surface area contributed by atoms with E-state index in [9.17, 15) is 28.8 Å². The zero-order valence-corrected chi connectivity index (χ0v) is 31.7. The molecule has 2 atom stereocenters. The van der Waals surface area contributed by atoms with E-state index in [-0.39, 0.29) is 44.7 Å². The lowest BCUT2D eigenvalue weighted by Gasteiger charge is -2.36. The molecule has 2 unspecified atom stereocenters. The number of esters is 3. The molecule has 1 aliphatic heterocycles. The summed E-state index contributed by atoms with van der Waals surface area (Å²) in [4.78, 5) is 83.1. The zero-order chi connectivity index (χ0) is 39.3. The molecule has 2 heterocycles. The minimum atomic E-state index is -1.36. The van der Waals surface area contributed by atoms with Crippen molar-refractivity contribution in [3.8, 4) is 11.5 Å². The van der Waals surface area contributed by atoms with E-state index in [1.54, 1.807) is 45.0 Å². The van der Waals surface area contributed by atoms with Crippen molar-refractivity contribution < 1.29 is 52.5 Å². The molecule has 2 aromatic rings. The van der Waals surface area contributed by atoms with E-state index in [2.05, 4.69) is 16.9 Å². The highest BCUT2D eigenvalue weighted by Crippen LogP contribution is 2.31. The Labute approximate surface area is 310 Å². The Morgan fingerprint density at radius 1 is 0.981 bits per heavy atom. The normalized spacial score (nSPS) is 15.0. The number of rotatable bonds is 17. The summed E-state index contributed by atoms with van der Waals surface area (Å²) in [6.07, 6.45) is 1.92. The first-order valence-corrected chi connectivity index (χ1v) is 17.5. The van der Waals surface area contributed by atoms with Crippen LogP contribution >= 0.6 is 0 Å². The maximum Gasteiger partial charge on any atom is 0.330 e. The number of aryl methyl sites for hydroxylation is 1. The molecule has 2 amide bonds. The zero-order valence-electron chi connectivity index (χ0n) is 31.7. The van der Waals surface area contributed by atoms with E-state index in [1.807, 2.05) is 12.1 Å². The van der Waals surface area contributed by atoms with Crippen LogP contribution in [0, 0.1) is 5.41 Å². The van der Waals surface area contributed by atoms with Crippen LogP contribution in [0.25, 0.3) is 0 Å². The number of hydrogen-bond donors (Lipinski definition) is 1. The van der Waals surface area contributed by atoms with Crippen molar-refractivity contribution in [1.29, 1.82) is 0 Å². The molecule has 0 aliphatic carbocycles. The lowest BCUT2D eigenvalue weighted by atomic mass is 9.87. The number of ketones is 1. The topological polar surface area (TPSA) is 177 Å². The maximum absolute atomic E-state index is 13.9. The van der Waals surface area contributed by atoms with Crippen LogP contribution < -0.4 is 14.8 Å². The van der Waals surface area contributed by atoms with Gasteiger partial charge in [0.15, 0.2) is 11.5 Å². The standard InChI is InChI=1S/C39H51N3O11/c1-9-33(44)51-24-39(5,6)35(46)36(47)42-22-11-10-14-27(42)37(48)52-28(18-16-25-17-19-29(49-7)30(23-25)50-8)26-13-12-15-31(40-26)41-32(43)20-21-34(45)53-38(2,3)4/h9,12-13,15,17,19,23,27-28H,1,10-11,14,16,18,20-22,24H2,2-8H3,(H,40,41,43). The fraction of sp³-hybridized carbons (Fsp3) is 0.513. The molecule has 0 saturated carbocycles. The van der Waals surface area contributed by atoms with Crippen LogP contribution in [0.1, 0.15) is 90.5 Å². The molecule has 1 aliphatic rings. The molecular formula is C39H51N3O11. The van der Waals surface area contributed by atoms with Gasteiger partial charge in [-0.15, -0.1) is 0 Å². The Morgan fingerprint density at radius 2 is 1.70 bits per heavy atom. The second-order valence-corrected chi connectivity index (χ2v) is 14.3. The van der Waals surface area contributed by atoms with E-state index in [0.717, 1.165) is 11.6 Å². The first kappa shape index (κ1) is 42.1. The van der Waals surface area contributed by atoms with E-state index in [4.69, 9.17) is 23.7 Å². The predicted octanol–water partition coefficient (Wildman–Crippen LogP) is 5.08. The van der Waals surface area contributed by atoms with Crippen LogP contribution in [0.3, 0.4) is 0 Å². The molecule has 14 nitrogen and oxygen atoms in total. The van der Waals surface area contributed by atoms with Gasteiger partial charge in [0.2, 0.25) is 11.7 Å². The fourth-order valence-electron chi connectivity index (χ4n) is 5.55. The van der Waals surface area contributed by atoms with Gasteiger partial charge in [-0.2, -0.15) is 0 Å². The third kappa shape index (κ3) is 12.7. The van der Waals surface area contributed by atoms with E-state index in [1.165, 1.54) is 33.0 Å². The number of benzene rings is 1. The monoisotopic (exact) mass is 737 g/mol. The Balaban J connectivity index is 1.84. The molecule has 1 fully saturated rings. The van der Waals surface area contributed by atoms with Gasteiger partial charge in [-0.3, -0.25) is 19.2 Å². The largest absolute Gasteiger partial charge is 0.493 e. The molecule has 53 heavy (non-hydrogen) atoms. The Hall–Kier alpha value is -5.27. The van der Waals surface area contributed by atoms with Gasteiger partial charge in [0.05, 0.1) is 31.7 Å². The van der Waals surface area contributed by atoms with E-state index >= 15 is 0 Å². The van der Waals surface area contributed by atoms with Crippen molar-refractivity contribution in [3.63, 3.8) is 0 Å². The van der Waals surface area contributed by atoms with Crippen molar-refractivity contribution >= 4 is 41.3 Å². The molecule has 0 spiro atoms. The van der Waals surface area contributed by atoms with Crippen LogP contribution in [0.5, 0.6) is 11.5 Å². The van der Waals surface area contributed by atoms with Crippen molar-refractivity contribution in [2.75, 3.05) is 32.7 Å². The number of nitrogens with zero attached hydrogens (tertiary/aromatic N) is 2. The molecule has 3 rings (SSSR count). The Kier molecular flexibility index (Phi) is 15.1. The highest BCUT2D eigenvalue weighted by Gasteiger charge is 2.42. The van der Waals surface area contributed by atoms with Gasteiger partial charge in [0.25, 0.3) is 5.91 Å². The Bertz CT molecular complexity index is 1660. The SMILES string of the molecule is C=CC(=O)OCC(C)(C)C(=O)C(=O)N1CCCCC1C(=O)OC(CCc1ccc(OC)c(OC)c1)c1cccc(NC(=O)CCC(=O)OC(C)(C)C)n1. The van der Waals surface area contributed by atoms with Crippen molar-refractivity contribution in [2.24, 2.45) is 5.41 Å². The highest BCUT2D eigenvalue weighted by molar-refractivity contribution is 6.38. The number of likely N-dealkylation sites (tertiary alicyclic amines) is 1.